The Morgan fingerprint density at radius 2 is 1.95 bits per heavy atom. The zero-order valence-electron chi connectivity index (χ0n) is 13.0. The van der Waals surface area contributed by atoms with E-state index in [0.29, 0.717) is 0 Å². The normalized spacial score (nSPS) is 12.8. The lowest BCUT2D eigenvalue weighted by Crippen LogP contribution is -2.44. The molecule has 1 rings (SSSR count). The van der Waals surface area contributed by atoms with Gasteiger partial charge in [0.1, 0.15) is 0 Å². The van der Waals surface area contributed by atoms with Gasteiger partial charge in [-0.05, 0) is 53.2 Å². The van der Waals surface area contributed by atoms with E-state index in [1.54, 1.807) is 0 Å². The second kappa shape index (κ2) is 6.75. The van der Waals surface area contributed by atoms with Crippen molar-refractivity contribution in [1.29, 1.82) is 0 Å². The van der Waals surface area contributed by atoms with Gasteiger partial charge in [-0.15, -0.1) is 0 Å². The lowest BCUT2D eigenvalue weighted by molar-refractivity contribution is -0.123. The minimum atomic E-state index is -0.174. The van der Waals surface area contributed by atoms with Crippen LogP contribution in [-0.4, -0.2) is 22.6 Å². The quantitative estimate of drug-likeness (QED) is 0.827. The molecule has 0 radical (unpaired) electrons. The Balaban J connectivity index is 2.60. The van der Waals surface area contributed by atoms with Crippen LogP contribution in [0.5, 0.6) is 0 Å². The Morgan fingerprint density at radius 3 is 2.42 bits per heavy atom. The third-order valence-electron chi connectivity index (χ3n) is 3.42. The van der Waals surface area contributed by atoms with Gasteiger partial charge in [0.15, 0.2) is 0 Å². The highest BCUT2D eigenvalue weighted by molar-refractivity contribution is 5.81. The number of aryl methyl sites for hydroxylation is 1. The average Bonchev–Trinajstić information content (AvgIpc) is 2.60. The van der Waals surface area contributed by atoms with E-state index >= 15 is 0 Å². The van der Waals surface area contributed by atoms with Crippen LogP contribution in [0.1, 0.15) is 44.6 Å². The van der Waals surface area contributed by atoms with Crippen LogP contribution < -0.4 is 10.6 Å². The second-order valence-corrected chi connectivity index (χ2v) is 5.41. The summed E-state index contributed by atoms with van der Waals surface area (Å²) in [5.74, 6) is 0.0549. The molecule has 1 heterocycles. The summed E-state index contributed by atoms with van der Waals surface area (Å²) >= 11 is 0. The van der Waals surface area contributed by atoms with Crippen LogP contribution in [0.3, 0.4) is 0 Å². The fourth-order valence-corrected chi connectivity index (χ4v) is 2.30. The van der Waals surface area contributed by atoms with E-state index in [9.17, 15) is 4.79 Å². The summed E-state index contributed by atoms with van der Waals surface area (Å²) in [6.07, 6.45) is 0. The lowest BCUT2D eigenvalue weighted by atomic mass is 10.2. The zero-order valence-corrected chi connectivity index (χ0v) is 13.0. The van der Waals surface area contributed by atoms with Gasteiger partial charge in [-0.3, -0.25) is 4.79 Å². The first-order valence-electron chi connectivity index (χ1n) is 7.06. The van der Waals surface area contributed by atoms with Gasteiger partial charge in [-0.25, -0.2) is 0 Å². The third-order valence-corrected chi connectivity index (χ3v) is 3.42. The van der Waals surface area contributed by atoms with Crippen molar-refractivity contribution < 1.29 is 4.79 Å². The van der Waals surface area contributed by atoms with Crippen molar-refractivity contribution >= 4 is 5.91 Å². The largest absolute Gasteiger partial charge is 0.353 e. The van der Waals surface area contributed by atoms with Crippen molar-refractivity contribution in [3.05, 3.63) is 23.0 Å². The van der Waals surface area contributed by atoms with Crippen LogP contribution in [-0.2, 0) is 17.9 Å². The minimum absolute atomic E-state index is 0.0549. The number of aromatic nitrogens is 1. The standard InChI is InChI=1S/C15H27N3O/c1-7-18-11(4)8-14(13(18)6)9-16-12(5)15(19)17-10(2)3/h8,10,12,16H,7,9H2,1-6H3,(H,17,19). The molecule has 0 saturated heterocycles. The molecule has 1 aromatic heterocycles. The highest BCUT2D eigenvalue weighted by atomic mass is 16.2. The molecule has 0 aliphatic heterocycles. The van der Waals surface area contributed by atoms with Crippen LogP contribution in [0, 0.1) is 13.8 Å². The monoisotopic (exact) mass is 265 g/mol. The van der Waals surface area contributed by atoms with Gasteiger partial charge in [0.25, 0.3) is 0 Å². The molecule has 0 aliphatic carbocycles. The minimum Gasteiger partial charge on any atom is -0.353 e. The van der Waals surface area contributed by atoms with E-state index in [2.05, 4.69) is 42.0 Å². The Bertz CT molecular complexity index is 435. The van der Waals surface area contributed by atoms with Gasteiger partial charge in [0.05, 0.1) is 6.04 Å². The number of hydrogen-bond donors (Lipinski definition) is 2. The SMILES string of the molecule is CCn1c(C)cc(CNC(C)C(=O)NC(C)C)c1C. The molecule has 1 unspecified atom stereocenters. The number of nitrogens with zero attached hydrogens (tertiary/aromatic N) is 1. The van der Waals surface area contributed by atoms with E-state index in [1.165, 1.54) is 17.0 Å². The maximum Gasteiger partial charge on any atom is 0.237 e. The molecule has 108 valence electrons. The van der Waals surface area contributed by atoms with Gasteiger partial charge in [-0.2, -0.15) is 0 Å². The Hall–Kier alpha value is -1.29. The van der Waals surface area contributed by atoms with Crippen molar-refractivity contribution in [2.45, 2.75) is 66.7 Å². The molecule has 1 atom stereocenters. The molecule has 1 amide bonds. The van der Waals surface area contributed by atoms with E-state index < -0.39 is 0 Å². The van der Waals surface area contributed by atoms with Crippen molar-refractivity contribution in [2.75, 3.05) is 0 Å². The molecule has 4 heteroatoms. The van der Waals surface area contributed by atoms with Crippen molar-refractivity contribution in [3.8, 4) is 0 Å². The highest BCUT2D eigenvalue weighted by Gasteiger charge is 2.14. The predicted octanol–water partition coefficient (Wildman–Crippen LogP) is 2.13. The Morgan fingerprint density at radius 1 is 1.32 bits per heavy atom. The summed E-state index contributed by atoms with van der Waals surface area (Å²) in [6.45, 7) is 14.0. The predicted molar refractivity (Wildman–Crippen MR) is 79.2 cm³/mol. The van der Waals surface area contributed by atoms with Crippen LogP contribution in [0.4, 0.5) is 0 Å². The third kappa shape index (κ3) is 4.10. The fourth-order valence-electron chi connectivity index (χ4n) is 2.30. The smallest absolute Gasteiger partial charge is 0.237 e. The molecule has 0 saturated carbocycles. The summed E-state index contributed by atoms with van der Waals surface area (Å²) in [4.78, 5) is 11.8. The van der Waals surface area contributed by atoms with Crippen molar-refractivity contribution in [3.63, 3.8) is 0 Å². The van der Waals surface area contributed by atoms with Gasteiger partial charge >= 0.3 is 0 Å². The first-order valence-corrected chi connectivity index (χ1v) is 7.06. The van der Waals surface area contributed by atoms with E-state index in [4.69, 9.17) is 0 Å². The molecule has 1 aromatic rings. The molecule has 0 aromatic carbocycles. The lowest BCUT2D eigenvalue weighted by Gasteiger charge is -2.16. The molecule has 0 aliphatic rings. The van der Waals surface area contributed by atoms with Gasteiger partial charge in [0.2, 0.25) is 5.91 Å². The molecule has 0 spiro atoms. The van der Waals surface area contributed by atoms with Crippen molar-refractivity contribution in [2.24, 2.45) is 0 Å². The highest BCUT2D eigenvalue weighted by Crippen LogP contribution is 2.14. The van der Waals surface area contributed by atoms with Gasteiger partial charge in [-0.1, -0.05) is 0 Å². The Kier molecular flexibility index (Phi) is 5.60. The van der Waals surface area contributed by atoms with Crippen LogP contribution in [0.15, 0.2) is 6.07 Å². The summed E-state index contributed by atoms with van der Waals surface area (Å²) in [5, 5.41) is 6.20. The summed E-state index contributed by atoms with van der Waals surface area (Å²) < 4.78 is 2.29. The number of amides is 1. The maximum absolute atomic E-state index is 11.8. The topological polar surface area (TPSA) is 46.1 Å². The molecule has 2 N–H and O–H groups in total. The molecule has 0 bridgehead atoms. The van der Waals surface area contributed by atoms with Crippen LogP contribution in [0.2, 0.25) is 0 Å². The summed E-state index contributed by atoms with van der Waals surface area (Å²) in [6, 6.07) is 2.20. The maximum atomic E-state index is 11.8. The molecule has 4 nitrogen and oxygen atoms in total. The van der Waals surface area contributed by atoms with Crippen LogP contribution >= 0.6 is 0 Å². The Labute approximate surface area is 116 Å². The second-order valence-electron chi connectivity index (χ2n) is 5.41. The van der Waals surface area contributed by atoms with E-state index in [0.717, 1.165) is 13.1 Å². The van der Waals surface area contributed by atoms with E-state index in [-0.39, 0.29) is 18.0 Å². The van der Waals surface area contributed by atoms with Crippen molar-refractivity contribution in [1.82, 2.24) is 15.2 Å². The molecule has 19 heavy (non-hydrogen) atoms. The summed E-state index contributed by atoms with van der Waals surface area (Å²) in [7, 11) is 0. The zero-order chi connectivity index (χ0) is 14.6. The number of nitrogens with one attached hydrogen (secondary N) is 2. The first kappa shape index (κ1) is 15.8. The number of carbonyl (C=O) groups excluding carboxylic acids is 1. The number of rotatable bonds is 6. The van der Waals surface area contributed by atoms with Crippen LogP contribution in [0.25, 0.3) is 0 Å². The molecular weight excluding hydrogens is 238 g/mol. The fraction of sp³-hybridized carbons (Fsp3) is 0.667. The summed E-state index contributed by atoms with van der Waals surface area (Å²) in [5.41, 5.74) is 3.82. The van der Waals surface area contributed by atoms with E-state index in [1.807, 2.05) is 20.8 Å². The average molecular weight is 265 g/mol. The van der Waals surface area contributed by atoms with Gasteiger partial charge in [0, 0.05) is 30.5 Å². The first-order chi connectivity index (χ1) is 8.86. The van der Waals surface area contributed by atoms with Gasteiger partial charge < -0.3 is 15.2 Å². The number of carbonyl (C=O) groups is 1. The number of hydrogen-bond acceptors (Lipinski definition) is 2. The molecule has 0 fully saturated rings. The molecular formula is C15H27N3O.